The first-order valence-electron chi connectivity index (χ1n) is 6.47. The Morgan fingerprint density at radius 1 is 1.00 bits per heavy atom. The molecule has 2 aromatic rings. The molecule has 0 atom stereocenters. The van der Waals surface area contributed by atoms with Crippen molar-refractivity contribution >= 4 is 11.4 Å². The number of nitrogens with zero attached hydrogens (tertiary/aromatic N) is 1. The standard InChI is InChI=1S/C16H12F3NO/c17-16(18,19)12-7-5-11(6-8-12)9-13-10-21-15-4-2-1-3-14(15)20-13/h1-8H,9-10H2. The topological polar surface area (TPSA) is 21.6 Å². The summed E-state index contributed by atoms with van der Waals surface area (Å²) in [5.74, 6) is 0.730. The number of benzene rings is 2. The predicted octanol–water partition coefficient (Wildman–Crippen LogP) is 4.41. The second-order valence-corrected chi connectivity index (χ2v) is 4.81. The molecule has 21 heavy (non-hydrogen) atoms. The second kappa shape index (κ2) is 5.24. The monoisotopic (exact) mass is 291 g/mol. The van der Waals surface area contributed by atoms with E-state index in [2.05, 4.69) is 4.99 Å². The average Bonchev–Trinajstić information content (AvgIpc) is 2.47. The molecule has 5 heteroatoms. The van der Waals surface area contributed by atoms with Crippen LogP contribution in [0.4, 0.5) is 18.9 Å². The van der Waals surface area contributed by atoms with Crippen LogP contribution < -0.4 is 4.74 Å². The molecule has 0 saturated carbocycles. The zero-order chi connectivity index (χ0) is 14.9. The number of alkyl halides is 3. The summed E-state index contributed by atoms with van der Waals surface area (Å²) in [7, 11) is 0. The van der Waals surface area contributed by atoms with Crippen molar-refractivity contribution in [1.82, 2.24) is 0 Å². The van der Waals surface area contributed by atoms with E-state index in [1.807, 2.05) is 24.3 Å². The molecule has 1 aliphatic rings. The molecule has 1 heterocycles. The fourth-order valence-corrected chi connectivity index (χ4v) is 2.17. The number of ether oxygens (including phenoxy) is 1. The molecule has 3 rings (SSSR count). The number of aliphatic imine (C=N–C) groups is 1. The minimum Gasteiger partial charge on any atom is -0.485 e. The van der Waals surface area contributed by atoms with Crippen molar-refractivity contribution in [3.8, 4) is 5.75 Å². The van der Waals surface area contributed by atoms with Gasteiger partial charge in [-0.25, -0.2) is 4.99 Å². The fourth-order valence-electron chi connectivity index (χ4n) is 2.17. The van der Waals surface area contributed by atoms with Crippen LogP contribution in [-0.4, -0.2) is 12.3 Å². The SMILES string of the molecule is FC(F)(F)c1ccc(CC2=Nc3ccccc3OC2)cc1. The Kier molecular flexibility index (Phi) is 3.41. The minimum absolute atomic E-state index is 0.359. The van der Waals surface area contributed by atoms with Crippen molar-refractivity contribution in [2.45, 2.75) is 12.6 Å². The van der Waals surface area contributed by atoms with Gasteiger partial charge in [0.2, 0.25) is 0 Å². The van der Waals surface area contributed by atoms with Gasteiger partial charge in [-0.1, -0.05) is 24.3 Å². The second-order valence-electron chi connectivity index (χ2n) is 4.81. The molecule has 1 aliphatic heterocycles. The van der Waals surface area contributed by atoms with Gasteiger partial charge in [-0.05, 0) is 29.8 Å². The molecule has 0 spiro atoms. The van der Waals surface area contributed by atoms with E-state index in [-0.39, 0.29) is 0 Å². The van der Waals surface area contributed by atoms with Crippen molar-refractivity contribution in [2.24, 2.45) is 4.99 Å². The maximum absolute atomic E-state index is 12.5. The molecule has 2 nitrogen and oxygen atoms in total. The molecule has 0 bridgehead atoms. The molecule has 0 fully saturated rings. The van der Waals surface area contributed by atoms with E-state index < -0.39 is 11.7 Å². The molecule has 0 saturated heterocycles. The summed E-state index contributed by atoms with van der Waals surface area (Å²) in [5.41, 5.74) is 1.70. The van der Waals surface area contributed by atoms with Gasteiger partial charge in [0.05, 0.1) is 11.3 Å². The molecule has 2 aromatic carbocycles. The van der Waals surface area contributed by atoms with Gasteiger partial charge in [-0.3, -0.25) is 0 Å². The fraction of sp³-hybridized carbons (Fsp3) is 0.188. The maximum atomic E-state index is 12.5. The Balaban J connectivity index is 1.77. The lowest BCUT2D eigenvalue weighted by Crippen LogP contribution is -2.17. The maximum Gasteiger partial charge on any atom is 0.416 e. The van der Waals surface area contributed by atoms with Crippen molar-refractivity contribution in [3.63, 3.8) is 0 Å². The van der Waals surface area contributed by atoms with Crippen LogP contribution in [0.1, 0.15) is 11.1 Å². The third-order valence-electron chi connectivity index (χ3n) is 3.23. The summed E-state index contributed by atoms with van der Waals surface area (Å²) in [4.78, 5) is 4.48. The lowest BCUT2D eigenvalue weighted by molar-refractivity contribution is -0.137. The summed E-state index contributed by atoms with van der Waals surface area (Å²) in [5, 5.41) is 0. The Labute approximate surface area is 119 Å². The van der Waals surface area contributed by atoms with E-state index in [9.17, 15) is 13.2 Å². The summed E-state index contributed by atoms with van der Waals surface area (Å²) in [6.07, 6.45) is -3.82. The van der Waals surface area contributed by atoms with E-state index >= 15 is 0 Å². The van der Waals surface area contributed by atoms with Gasteiger partial charge in [-0.2, -0.15) is 13.2 Å². The van der Waals surface area contributed by atoms with Gasteiger partial charge in [0.25, 0.3) is 0 Å². The summed E-state index contributed by atoms with van der Waals surface area (Å²) < 4.78 is 43.1. The molecule has 0 aliphatic carbocycles. The zero-order valence-electron chi connectivity index (χ0n) is 11.0. The Bertz CT molecular complexity index is 675. The predicted molar refractivity (Wildman–Crippen MR) is 74.2 cm³/mol. The largest absolute Gasteiger partial charge is 0.485 e. The number of fused-ring (bicyclic) bond motifs is 1. The molecular formula is C16H12F3NO. The highest BCUT2D eigenvalue weighted by Gasteiger charge is 2.29. The number of hydrogen-bond donors (Lipinski definition) is 0. The van der Waals surface area contributed by atoms with Crippen molar-refractivity contribution in [3.05, 3.63) is 59.7 Å². The molecule has 0 N–H and O–H groups in total. The normalized spacial score (nSPS) is 14.1. The van der Waals surface area contributed by atoms with E-state index in [0.29, 0.717) is 13.0 Å². The molecule has 0 aromatic heterocycles. The number of rotatable bonds is 2. The highest BCUT2D eigenvalue weighted by molar-refractivity contribution is 5.92. The van der Waals surface area contributed by atoms with Crippen molar-refractivity contribution in [1.29, 1.82) is 0 Å². The van der Waals surface area contributed by atoms with Gasteiger partial charge < -0.3 is 4.74 Å². The highest BCUT2D eigenvalue weighted by Crippen LogP contribution is 2.31. The Morgan fingerprint density at radius 2 is 1.71 bits per heavy atom. The number of hydrogen-bond acceptors (Lipinski definition) is 2. The van der Waals surface area contributed by atoms with Crippen LogP contribution in [-0.2, 0) is 12.6 Å². The third kappa shape index (κ3) is 3.07. The van der Waals surface area contributed by atoms with Gasteiger partial charge in [0, 0.05) is 6.42 Å². The third-order valence-corrected chi connectivity index (χ3v) is 3.23. The van der Waals surface area contributed by atoms with E-state index in [1.165, 1.54) is 12.1 Å². The van der Waals surface area contributed by atoms with Crippen LogP contribution in [0.2, 0.25) is 0 Å². The minimum atomic E-state index is -4.30. The summed E-state index contributed by atoms with van der Waals surface area (Å²) in [6.45, 7) is 0.359. The van der Waals surface area contributed by atoms with E-state index in [1.54, 1.807) is 0 Å². The van der Waals surface area contributed by atoms with Crippen LogP contribution in [0.25, 0.3) is 0 Å². The van der Waals surface area contributed by atoms with E-state index in [4.69, 9.17) is 4.74 Å². The molecule has 0 unspecified atom stereocenters. The summed E-state index contributed by atoms with van der Waals surface area (Å²) in [6, 6.07) is 12.6. The number of para-hydroxylation sites is 2. The van der Waals surface area contributed by atoms with Crippen LogP contribution in [0.3, 0.4) is 0 Å². The van der Waals surface area contributed by atoms with Gasteiger partial charge in [0.1, 0.15) is 18.0 Å². The quantitative estimate of drug-likeness (QED) is 0.803. The summed E-state index contributed by atoms with van der Waals surface area (Å²) >= 11 is 0. The number of halogens is 3. The first-order chi connectivity index (χ1) is 10.0. The lowest BCUT2D eigenvalue weighted by atomic mass is 10.1. The molecule has 0 amide bonds. The average molecular weight is 291 g/mol. The zero-order valence-corrected chi connectivity index (χ0v) is 11.0. The van der Waals surface area contributed by atoms with Crippen LogP contribution in [0.5, 0.6) is 5.75 Å². The first-order valence-corrected chi connectivity index (χ1v) is 6.47. The van der Waals surface area contributed by atoms with Gasteiger partial charge in [0.15, 0.2) is 0 Å². The first kappa shape index (κ1) is 13.7. The van der Waals surface area contributed by atoms with Crippen molar-refractivity contribution < 1.29 is 17.9 Å². The highest BCUT2D eigenvalue weighted by atomic mass is 19.4. The Hall–Kier alpha value is -2.30. The Morgan fingerprint density at radius 3 is 2.43 bits per heavy atom. The van der Waals surface area contributed by atoms with Gasteiger partial charge in [-0.15, -0.1) is 0 Å². The molecule has 0 radical (unpaired) electrons. The van der Waals surface area contributed by atoms with Gasteiger partial charge >= 0.3 is 6.18 Å². The van der Waals surface area contributed by atoms with E-state index in [0.717, 1.165) is 34.8 Å². The van der Waals surface area contributed by atoms with Crippen LogP contribution >= 0.6 is 0 Å². The van der Waals surface area contributed by atoms with Crippen molar-refractivity contribution in [2.75, 3.05) is 6.61 Å². The molecular weight excluding hydrogens is 279 g/mol. The smallest absolute Gasteiger partial charge is 0.416 e. The van der Waals surface area contributed by atoms with Crippen LogP contribution in [0, 0.1) is 0 Å². The lowest BCUT2D eigenvalue weighted by Gasteiger charge is -2.17. The van der Waals surface area contributed by atoms with Crippen LogP contribution in [0.15, 0.2) is 53.5 Å². The molecule has 108 valence electrons.